The van der Waals surface area contributed by atoms with Gasteiger partial charge in [0.25, 0.3) is 0 Å². The third-order valence-corrected chi connectivity index (χ3v) is 4.57. The zero-order chi connectivity index (χ0) is 21.3. The summed E-state index contributed by atoms with van der Waals surface area (Å²) in [6, 6.07) is -3.27. The highest BCUT2D eigenvalue weighted by molar-refractivity contribution is 8.02. The summed E-state index contributed by atoms with van der Waals surface area (Å²) < 4.78 is 0. The van der Waals surface area contributed by atoms with Gasteiger partial charge in [0.2, 0.25) is 11.8 Å². The first-order valence-corrected chi connectivity index (χ1v) is 8.23. The number of thioether (sulfide) groups is 1. The van der Waals surface area contributed by atoms with E-state index < -0.39 is 77.5 Å². The number of primary amides is 1. The smallest absolute Gasteiger partial charge is 0.322 e. The van der Waals surface area contributed by atoms with Gasteiger partial charge in [-0.05, 0) is 0 Å². The summed E-state index contributed by atoms with van der Waals surface area (Å²) in [6.45, 7) is -0.817. The van der Waals surface area contributed by atoms with Crippen molar-refractivity contribution in [3.8, 4) is 0 Å². The minimum atomic E-state index is -1.75. The molecule has 152 valence electrons. The maximum atomic E-state index is 12.4. The highest BCUT2D eigenvalue weighted by Gasteiger charge is 2.38. The highest BCUT2D eigenvalue weighted by Crippen LogP contribution is 2.25. The molecule has 0 radical (unpaired) electrons. The predicted octanol–water partition coefficient (Wildman–Crippen LogP) is -3.68. The second kappa shape index (κ2) is 11.1. The normalized spacial score (nSPS) is 15.0. The number of nitrogens with one attached hydrogen (secondary N) is 1. The van der Waals surface area contributed by atoms with E-state index >= 15 is 0 Å². The van der Waals surface area contributed by atoms with Gasteiger partial charge in [0.05, 0.1) is 17.7 Å². The van der Waals surface area contributed by atoms with Gasteiger partial charge in [-0.25, -0.2) is 0 Å². The topological polar surface area (TPSA) is 253 Å². The molecular formula is C13H20N4O9S. The molecule has 27 heavy (non-hydrogen) atoms. The second-order valence-corrected chi connectivity index (χ2v) is 6.65. The van der Waals surface area contributed by atoms with Crippen molar-refractivity contribution in [1.29, 1.82) is 0 Å². The zero-order valence-corrected chi connectivity index (χ0v) is 14.7. The van der Waals surface area contributed by atoms with Crippen LogP contribution in [-0.2, 0) is 28.8 Å². The van der Waals surface area contributed by atoms with Crippen LogP contribution in [0.1, 0.15) is 12.8 Å². The Morgan fingerprint density at radius 1 is 0.926 bits per heavy atom. The van der Waals surface area contributed by atoms with Crippen molar-refractivity contribution in [1.82, 2.24) is 5.32 Å². The van der Waals surface area contributed by atoms with E-state index in [4.69, 9.17) is 32.5 Å². The number of ketones is 1. The molecule has 0 aromatic heterocycles. The first-order valence-electron chi connectivity index (χ1n) is 7.29. The SMILES string of the molecule is NC(=O)C[C@H](N)C(=O)C(SC(CC(=O)O)C(=O)O)[C@H](N)C(=O)NCC(=O)O. The number of hydrogen-bond donors (Lipinski definition) is 7. The average molecular weight is 408 g/mol. The van der Waals surface area contributed by atoms with Gasteiger partial charge >= 0.3 is 17.9 Å². The number of carbonyl (C=O) groups is 6. The van der Waals surface area contributed by atoms with Crippen LogP contribution in [0, 0.1) is 0 Å². The van der Waals surface area contributed by atoms with Crippen LogP contribution in [0.25, 0.3) is 0 Å². The Bertz CT molecular complexity index is 627. The standard InChI is InChI=1S/C13H20N4O9S/c14-4(1-6(15)18)10(23)11(9(16)12(24)17-3-8(21)22)27-5(13(25)26)2-7(19)20/h4-5,9,11H,1-3,14,16H2,(H2,15,18)(H,17,24)(H,19,20)(H,21,22)(H,25,26)/t4-,5?,9-,11?/m0/s1. The molecule has 0 aromatic rings. The van der Waals surface area contributed by atoms with Crippen molar-refractivity contribution in [2.24, 2.45) is 17.2 Å². The van der Waals surface area contributed by atoms with E-state index in [0.717, 1.165) is 0 Å². The van der Waals surface area contributed by atoms with Crippen molar-refractivity contribution in [2.75, 3.05) is 6.54 Å². The van der Waals surface area contributed by atoms with Gasteiger partial charge in [-0.2, -0.15) is 0 Å². The summed E-state index contributed by atoms with van der Waals surface area (Å²) in [4.78, 5) is 67.9. The van der Waals surface area contributed by atoms with Gasteiger partial charge in [0.1, 0.15) is 17.8 Å². The Morgan fingerprint density at radius 2 is 1.48 bits per heavy atom. The molecule has 10 N–H and O–H groups in total. The molecule has 14 heteroatoms. The first-order chi connectivity index (χ1) is 12.4. The zero-order valence-electron chi connectivity index (χ0n) is 13.9. The van der Waals surface area contributed by atoms with E-state index in [0.29, 0.717) is 0 Å². The lowest BCUT2D eigenvalue weighted by molar-refractivity contribution is -0.143. The van der Waals surface area contributed by atoms with Crippen molar-refractivity contribution < 1.29 is 44.1 Å². The molecule has 2 unspecified atom stereocenters. The number of rotatable bonds is 13. The average Bonchev–Trinajstić information content (AvgIpc) is 2.53. The fraction of sp³-hybridized carbons (Fsp3) is 0.538. The molecule has 0 bridgehead atoms. The number of carboxylic acid groups (broad SMARTS) is 3. The van der Waals surface area contributed by atoms with E-state index in [1.165, 1.54) is 0 Å². The lowest BCUT2D eigenvalue weighted by Gasteiger charge is -2.26. The first kappa shape index (κ1) is 24.3. The lowest BCUT2D eigenvalue weighted by atomic mass is 10.0. The Labute approximate surface area is 156 Å². The van der Waals surface area contributed by atoms with Crippen LogP contribution in [-0.4, -0.2) is 80.0 Å². The molecule has 0 aliphatic carbocycles. The quantitative estimate of drug-likeness (QED) is 0.155. The molecule has 0 saturated carbocycles. The molecule has 0 saturated heterocycles. The van der Waals surface area contributed by atoms with E-state index in [1.54, 1.807) is 0 Å². The molecule has 13 nitrogen and oxygen atoms in total. The summed E-state index contributed by atoms with van der Waals surface area (Å²) in [5.74, 6) is -7.51. The van der Waals surface area contributed by atoms with E-state index in [2.05, 4.69) is 0 Å². The van der Waals surface area contributed by atoms with E-state index in [9.17, 15) is 28.8 Å². The van der Waals surface area contributed by atoms with Gasteiger partial charge < -0.3 is 37.8 Å². The number of Topliss-reactive ketones (excluding diaryl/α,β-unsaturated/α-hetero) is 1. The number of nitrogens with two attached hydrogens (primary N) is 3. The number of aliphatic carboxylic acids is 3. The second-order valence-electron chi connectivity index (χ2n) is 5.30. The predicted molar refractivity (Wildman–Crippen MR) is 90.5 cm³/mol. The number of amides is 2. The number of carboxylic acids is 3. The van der Waals surface area contributed by atoms with Gasteiger partial charge in [-0.3, -0.25) is 28.8 Å². The Morgan fingerprint density at radius 3 is 1.89 bits per heavy atom. The van der Waals surface area contributed by atoms with Gasteiger partial charge in [-0.15, -0.1) is 11.8 Å². The van der Waals surface area contributed by atoms with Crippen LogP contribution in [0.5, 0.6) is 0 Å². The molecule has 0 fully saturated rings. The molecule has 0 aliphatic rings. The van der Waals surface area contributed by atoms with Gasteiger partial charge in [0, 0.05) is 6.42 Å². The van der Waals surface area contributed by atoms with Crippen molar-refractivity contribution in [3.05, 3.63) is 0 Å². The maximum absolute atomic E-state index is 12.4. The van der Waals surface area contributed by atoms with E-state index in [1.807, 2.05) is 5.32 Å². The maximum Gasteiger partial charge on any atom is 0.322 e. The largest absolute Gasteiger partial charge is 0.481 e. The number of hydrogen-bond acceptors (Lipinski definition) is 9. The fourth-order valence-electron chi connectivity index (χ4n) is 1.80. The molecule has 2 amide bonds. The minimum absolute atomic E-state index is 0.265. The van der Waals surface area contributed by atoms with Crippen LogP contribution >= 0.6 is 11.8 Å². The fourth-order valence-corrected chi connectivity index (χ4v) is 3.12. The summed E-state index contributed by atoms with van der Waals surface area (Å²) in [7, 11) is 0. The Kier molecular flexibility index (Phi) is 9.98. The molecule has 0 heterocycles. The third kappa shape index (κ3) is 8.98. The van der Waals surface area contributed by atoms with Crippen LogP contribution in [0.2, 0.25) is 0 Å². The van der Waals surface area contributed by atoms with Crippen molar-refractivity contribution in [3.63, 3.8) is 0 Å². The molecule has 0 spiro atoms. The summed E-state index contributed by atoms with van der Waals surface area (Å²) in [6.07, 6.45) is -1.51. The van der Waals surface area contributed by atoms with E-state index in [-0.39, 0.29) is 11.8 Å². The molecule has 4 atom stereocenters. The Hall–Kier alpha value is -2.71. The number of carbonyl (C=O) groups excluding carboxylic acids is 3. The third-order valence-electron chi connectivity index (χ3n) is 3.06. The highest BCUT2D eigenvalue weighted by atomic mass is 32.2. The lowest BCUT2D eigenvalue weighted by Crippen LogP contribution is -2.55. The molecule has 0 aliphatic heterocycles. The monoisotopic (exact) mass is 408 g/mol. The Balaban J connectivity index is 5.57. The van der Waals surface area contributed by atoms with Gasteiger partial charge in [0.15, 0.2) is 5.78 Å². The summed E-state index contributed by atoms with van der Waals surface area (Å²) >= 11 is 0.265. The minimum Gasteiger partial charge on any atom is -0.481 e. The van der Waals surface area contributed by atoms with Gasteiger partial charge in [-0.1, -0.05) is 0 Å². The van der Waals surface area contributed by atoms with Crippen LogP contribution in [0.4, 0.5) is 0 Å². The summed E-state index contributed by atoms with van der Waals surface area (Å²) in [5.41, 5.74) is 16.1. The molecule has 0 rings (SSSR count). The van der Waals surface area contributed by atoms with Crippen LogP contribution in [0.3, 0.4) is 0 Å². The molecule has 0 aromatic carbocycles. The summed E-state index contributed by atoms with van der Waals surface area (Å²) in [5, 5.41) is 25.0. The molecular weight excluding hydrogens is 388 g/mol. The van der Waals surface area contributed by atoms with Crippen LogP contribution in [0.15, 0.2) is 0 Å². The van der Waals surface area contributed by atoms with Crippen molar-refractivity contribution in [2.45, 2.75) is 35.4 Å². The van der Waals surface area contributed by atoms with Crippen molar-refractivity contribution >= 4 is 47.3 Å². The van der Waals surface area contributed by atoms with Crippen LogP contribution < -0.4 is 22.5 Å².